The molecule has 8 heteroatoms. The number of anilines is 2. The minimum absolute atomic E-state index is 0.00884. The molecule has 2 aromatic carbocycles. The number of fused-ring (bicyclic) bond motifs is 1. The molecule has 1 aromatic heterocycles. The Hall–Kier alpha value is -3.23. The lowest BCUT2D eigenvalue weighted by molar-refractivity contribution is -0.0600. The summed E-state index contributed by atoms with van der Waals surface area (Å²) in [5.74, 6) is 2.83. The fourth-order valence-electron chi connectivity index (χ4n) is 4.84. The molecule has 1 N–H and O–H groups in total. The van der Waals surface area contributed by atoms with Crippen LogP contribution in [0.1, 0.15) is 49.2 Å². The number of hydrogen-bond acceptors (Lipinski definition) is 7. The number of nitrogens with zero attached hydrogens (tertiary/aromatic N) is 3. The molecular weight excluding hydrogens is 480 g/mol. The number of amides is 1. The van der Waals surface area contributed by atoms with E-state index in [1.807, 2.05) is 42.2 Å². The van der Waals surface area contributed by atoms with Gasteiger partial charge in [0.15, 0.2) is 0 Å². The van der Waals surface area contributed by atoms with E-state index in [4.69, 9.17) is 14.2 Å². The van der Waals surface area contributed by atoms with Gasteiger partial charge in [0.25, 0.3) is 5.91 Å². The van der Waals surface area contributed by atoms with Gasteiger partial charge in [-0.3, -0.25) is 4.79 Å². The van der Waals surface area contributed by atoms with Crippen molar-refractivity contribution in [2.75, 3.05) is 45.8 Å². The number of piperidine rings is 1. The number of hydrogen-bond donors (Lipinski definition) is 1. The molecule has 0 saturated carbocycles. The average Bonchev–Trinajstić information content (AvgIpc) is 2.94. The molecule has 1 amide bonds. The molecule has 3 aromatic rings. The number of carbonyl (C=O) groups is 1. The Labute approximate surface area is 225 Å². The molecule has 2 aliphatic heterocycles. The first-order chi connectivity index (χ1) is 18.4. The summed E-state index contributed by atoms with van der Waals surface area (Å²) in [5.41, 5.74) is 2.16. The quantitative estimate of drug-likeness (QED) is 0.467. The molecule has 2 unspecified atom stereocenters. The van der Waals surface area contributed by atoms with Crippen molar-refractivity contribution in [1.82, 2.24) is 14.9 Å². The Balaban J connectivity index is 0.000000317. The Morgan fingerprint density at radius 2 is 1.76 bits per heavy atom. The number of nitrogens with one attached hydrogen (secondary N) is 1. The molecule has 0 radical (unpaired) electrons. The summed E-state index contributed by atoms with van der Waals surface area (Å²) >= 11 is 0. The first kappa shape index (κ1) is 27.8. The normalized spacial score (nSPS) is 20.0. The van der Waals surface area contributed by atoms with Crippen molar-refractivity contribution in [3.05, 3.63) is 54.0 Å². The number of rotatable bonds is 5. The minimum atomic E-state index is -0.00884. The number of benzene rings is 2. The third-order valence-electron chi connectivity index (χ3n) is 7.60. The van der Waals surface area contributed by atoms with Crippen molar-refractivity contribution in [1.29, 1.82) is 0 Å². The van der Waals surface area contributed by atoms with Crippen molar-refractivity contribution in [2.24, 2.45) is 11.8 Å². The number of carbonyl (C=O) groups excluding carboxylic acids is 1. The molecule has 0 aliphatic carbocycles. The summed E-state index contributed by atoms with van der Waals surface area (Å²) in [6.45, 7) is 9.60. The van der Waals surface area contributed by atoms with Crippen molar-refractivity contribution < 1.29 is 19.0 Å². The lowest BCUT2D eigenvalue weighted by Crippen LogP contribution is -2.38. The lowest BCUT2D eigenvalue weighted by Gasteiger charge is -2.30. The van der Waals surface area contributed by atoms with Gasteiger partial charge < -0.3 is 24.4 Å². The first-order valence-electron chi connectivity index (χ1n) is 13.5. The summed E-state index contributed by atoms with van der Waals surface area (Å²) in [6.07, 6.45) is 5.02. The van der Waals surface area contributed by atoms with Crippen LogP contribution in [0.3, 0.4) is 0 Å². The van der Waals surface area contributed by atoms with Crippen LogP contribution in [0.15, 0.2) is 42.7 Å². The van der Waals surface area contributed by atoms with Gasteiger partial charge in [0.05, 0.1) is 19.8 Å². The zero-order valence-electron chi connectivity index (χ0n) is 23.2. The predicted molar refractivity (Wildman–Crippen MR) is 150 cm³/mol. The summed E-state index contributed by atoms with van der Waals surface area (Å²) in [4.78, 5) is 23.5. The lowest BCUT2D eigenvalue weighted by atomic mass is 9.99. The molecule has 2 saturated heterocycles. The maximum atomic E-state index is 13.0. The second kappa shape index (κ2) is 13.0. The Morgan fingerprint density at radius 1 is 1.03 bits per heavy atom. The van der Waals surface area contributed by atoms with E-state index in [1.54, 1.807) is 14.2 Å². The zero-order valence-corrected chi connectivity index (χ0v) is 23.2. The van der Waals surface area contributed by atoms with Crippen LogP contribution in [0.25, 0.3) is 10.8 Å². The smallest absolute Gasteiger partial charge is 0.272 e. The maximum absolute atomic E-state index is 13.0. The Kier molecular flexibility index (Phi) is 9.53. The fraction of sp³-hybridized carbons (Fsp3) is 0.500. The SMILES string of the molecule is COC1COCCC1C.COc1ccc2cc(Nc3ncnc(C(=O)N4CCC(C)CC4)c3C)ccc2c1. The van der Waals surface area contributed by atoms with E-state index in [0.29, 0.717) is 29.5 Å². The highest BCUT2D eigenvalue weighted by Crippen LogP contribution is 2.27. The van der Waals surface area contributed by atoms with Crippen LogP contribution in [0.4, 0.5) is 11.5 Å². The van der Waals surface area contributed by atoms with Gasteiger partial charge in [-0.15, -0.1) is 0 Å². The van der Waals surface area contributed by atoms with Gasteiger partial charge in [-0.2, -0.15) is 0 Å². The largest absolute Gasteiger partial charge is 0.497 e. The summed E-state index contributed by atoms with van der Waals surface area (Å²) in [7, 11) is 3.41. The molecule has 2 fully saturated rings. The van der Waals surface area contributed by atoms with Crippen LogP contribution in [0, 0.1) is 18.8 Å². The van der Waals surface area contributed by atoms with Crippen molar-refractivity contribution >= 4 is 28.2 Å². The topological polar surface area (TPSA) is 85.8 Å². The molecule has 0 spiro atoms. The highest BCUT2D eigenvalue weighted by molar-refractivity contribution is 5.95. The highest BCUT2D eigenvalue weighted by atomic mass is 16.5. The average molecular weight is 521 g/mol. The molecule has 2 atom stereocenters. The number of aromatic nitrogens is 2. The Bertz CT molecular complexity index is 1230. The summed E-state index contributed by atoms with van der Waals surface area (Å²) < 4.78 is 15.7. The van der Waals surface area contributed by atoms with Crippen LogP contribution in [0.5, 0.6) is 5.75 Å². The third-order valence-corrected chi connectivity index (χ3v) is 7.60. The van der Waals surface area contributed by atoms with Crippen molar-refractivity contribution in [3.63, 3.8) is 0 Å². The predicted octanol–water partition coefficient (Wildman–Crippen LogP) is 5.62. The standard InChI is InChI=1S/C23H26N4O2.C7H14O2/c1-15-8-10-27(11-9-15)23(28)21-16(2)22(25-14-24-21)26-19-6-4-18-13-20(29-3)7-5-17(18)12-19;1-6-3-4-9-5-7(6)8-2/h4-7,12-15H,8-11H2,1-3H3,(H,24,25,26);6-7H,3-5H2,1-2H3. The fourth-order valence-corrected chi connectivity index (χ4v) is 4.84. The van der Waals surface area contributed by atoms with E-state index in [2.05, 4.69) is 35.2 Å². The van der Waals surface area contributed by atoms with Gasteiger partial charge in [0, 0.05) is 38.1 Å². The van der Waals surface area contributed by atoms with Crippen LogP contribution < -0.4 is 10.1 Å². The monoisotopic (exact) mass is 520 g/mol. The van der Waals surface area contributed by atoms with Crippen molar-refractivity contribution in [3.8, 4) is 5.75 Å². The first-order valence-corrected chi connectivity index (χ1v) is 13.5. The van der Waals surface area contributed by atoms with Gasteiger partial charge >= 0.3 is 0 Å². The zero-order chi connectivity index (χ0) is 27.1. The van der Waals surface area contributed by atoms with E-state index in [1.165, 1.54) is 6.33 Å². The number of likely N-dealkylation sites (tertiary alicyclic amines) is 1. The van der Waals surface area contributed by atoms with Crippen LogP contribution in [-0.4, -0.2) is 67.4 Å². The number of methoxy groups -OCH3 is 2. The van der Waals surface area contributed by atoms with Gasteiger partial charge in [-0.25, -0.2) is 9.97 Å². The number of ether oxygens (including phenoxy) is 3. The van der Waals surface area contributed by atoms with Gasteiger partial charge in [-0.1, -0.05) is 26.0 Å². The molecule has 3 heterocycles. The molecule has 5 rings (SSSR count). The molecular formula is C30H40N4O4. The van der Waals surface area contributed by atoms with E-state index in [9.17, 15) is 4.79 Å². The summed E-state index contributed by atoms with van der Waals surface area (Å²) in [6, 6.07) is 12.1. The van der Waals surface area contributed by atoms with Gasteiger partial charge in [0.1, 0.15) is 23.6 Å². The minimum Gasteiger partial charge on any atom is -0.497 e. The third kappa shape index (κ3) is 6.79. The van der Waals surface area contributed by atoms with Gasteiger partial charge in [-0.05, 0) is 73.1 Å². The van der Waals surface area contributed by atoms with E-state index >= 15 is 0 Å². The molecule has 204 valence electrons. The molecule has 8 nitrogen and oxygen atoms in total. The Morgan fingerprint density at radius 3 is 2.45 bits per heavy atom. The second-order valence-electron chi connectivity index (χ2n) is 10.3. The van der Waals surface area contributed by atoms with Gasteiger partial charge in [0.2, 0.25) is 0 Å². The highest BCUT2D eigenvalue weighted by Gasteiger charge is 2.25. The molecule has 38 heavy (non-hydrogen) atoms. The molecule has 0 bridgehead atoms. The van der Waals surface area contributed by atoms with E-state index in [-0.39, 0.29) is 5.91 Å². The maximum Gasteiger partial charge on any atom is 0.272 e. The second-order valence-corrected chi connectivity index (χ2v) is 10.3. The van der Waals surface area contributed by atoms with Crippen LogP contribution >= 0.6 is 0 Å². The van der Waals surface area contributed by atoms with E-state index in [0.717, 1.165) is 73.3 Å². The molecule has 2 aliphatic rings. The summed E-state index contributed by atoms with van der Waals surface area (Å²) in [5, 5.41) is 5.54. The van der Waals surface area contributed by atoms with Crippen LogP contribution in [-0.2, 0) is 9.47 Å². The van der Waals surface area contributed by atoms with Crippen LogP contribution in [0.2, 0.25) is 0 Å². The van der Waals surface area contributed by atoms with E-state index < -0.39 is 0 Å². The van der Waals surface area contributed by atoms with Crippen molar-refractivity contribution in [2.45, 2.75) is 46.1 Å².